The fraction of sp³-hybridized carbons (Fsp3) is 0.625. The maximum atomic E-state index is 10.3. The molecule has 0 fully saturated rings. The highest BCUT2D eigenvalue weighted by molar-refractivity contribution is 5.44. The van der Waals surface area contributed by atoms with Gasteiger partial charge in [-0.2, -0.15) is 0 Å². The van der Waals surface area contributed by atoms with E-state index < -0.39 is 6.10 Å². The summed E-state index contributed by atoms with van der Waals surface area (Å²) in [4.78, 5) is 2.31. The molecule has 20 heavy (non-hydrogen) atoms. The van der Waals surface area contributed by atoms with Crippen LogP contribution in [0.1, 0.15) is 38.4 Å². The maximum absolute atomic E-state index is 10.3. The Morgan fingerprint density at radius 1 is 1.15 bits per heavy atom. The first-order valence-electron chi connectivity index (χ1n) is 7.54. The van der Waals surface area contributed by atoms with E-state index >= 15 is 0 Å². The molecule has 0 bridgehead atoms. The first-order valence-corrected chi connectivity index (χ1v) is 7.54. The van der Waals surface area contributed by atoms with Crippen molar-refractivity contribution in [2.24, 2.45) is 0 Å². The Balaban J connectivity index is 1.99. The number of hydrogen-bond donors (Lipinski definition) is 1. The molecule has 0 amide bonds. The van der Waals surface area contributed by atoms with Gasteiger partial charge in [-0.3, -0.25) is 0 Å². The highest BCUT2D eigenvalue weighted by Crippen LogP contribution is 2.33. The van der Waals surface area contributed by atoms with E-state index in [2.05, 4.69) is 18.7 Å². The van der Waals surface area contributed by atoms with Crippen molar-refractivity contribution in [1.29, 1.82) is 0 Å². The van der Waals surface area contributed by atoms with Gasteiger partial charge in [0.1, 0.15) is 0 Å². The number of aliphatic hydroxyl groups excluding tert-OH is 1. The molecule has 1 heterocycles. The average Bonchev–Trinajstić information content (AvgIpc) is 2.72. The third-order valence-corrected chi connectivity index (χ3v) is 3.77. The summed E-state index contributed by atoms with van der Waals surface area (Å²) >= 11 is 0. The largest absolute Gasteiger partial charge is 0.490 e. The van der Waals surface area contributed by atoms with Gasteiger partial charge in [0, 0.05) is 13.0 Å². The molecule has 1 atom stereocenters. The maximum Gasteiger partial charge on any atom is 0.161 e. The van der Waals surface area contributed by atoms with Crippen molar-refractivity contribution in [2.45, 2.75) is 32.8 Å². The number of ether oxygens (including phenoxy) is 2. The second kappa shape index (κ2) is 7.50. The molecule has 1 aromatic rings. The van der Waals surface area contributed by atoms with Crippen molar-refractivity contribution < 1.29 is 14.6 Å². The smallest absolute Gasteiger partial charge is 0.161 e. The number of hydrogen-bond acceptors (Lipinski definition) is 4. The second-order valence-corrected chi connectivity index (χ2v) is 5.09. The second-order valence-electron chi connectivity index (χ2n) is 5.09. The highest BCUT2D eigenvalue weighted by Gasteiger charge is 2.15. The zero-order valence-electron chi connectivity index (χ0n) is 12.5. The van der Waals surface area contributed by atoms with Gasteiger partial charge in [0.15, 0.2) is 11.5 Å². The minimum atomic E-state index is -0.451. The minimum Gasteiger partial charge on any atom is -0.490 e. The summed E-state index contributed by atoms with van der Waals surface area (Å²) < 4.78 is 11.3. The molecule has 1 N–H and O–H groups in total. The van der Waals surface area contributed by atoms with E-state index in [1.807, 2.05) is 18.2 Å². The fourth-order valence-electron chi connectivity index (χ4n) is 2.40. The topological polar surface area (TPSA) is 41.9 Å². The molecule has 1 aromatic carbocycles. The molecule has 1 unspecified atom stereocenters. The third-order valence-electron chi connectivity index (χ3n) is 3.77. The Morgan fingerprint density at radius 2 is 1.85 bits per heavy atom. The lowest BCUT2D eigenvalue weighted by Gasteiger charge is -2.20. The van der Waals surface area contributed by atoms with Gasteiger partial charge >= 0.3 is 0 Å². The van der Waals surface area contributed by atoms with E-state index in [1.54, 1.807) is 0 Å². The first-order chi connectivity index (χ1) is 9.74. The molecule has 1 aliphatic rings. The van der Waals surface area contributed by atoms with Crippen LogP contribution < -0.4 is 9.47 Å². The molecule has 1 aliphatic heterocycles. The highest BCUT2D eigenvalue weighted by atomic mass is 16.5. The average molecular weight is 279 g/mol. The predicted molar refractivity (Wildman–Crippen MR) is 79.4 cm³/mol. The standard InChI is InChI=1S/C16H25NO3/c1-3-17(4-2)9-8-14(18)13-6-7-15-16(12-13)20-11-5-10-19-15/h6-7,12,14,18H,3-5,8-11H2,1-2H3. The van der Waals surface area contributed by atoms with Gasteiger partial charge in [0.05, 0.1) is 19.3 Å². The molecule has 0 aromatic heterocycles. The Labute approximate surface area is 121 Å². The molecule has 112 valence electrons. The van der Waals surface area contributed by atoms with Crippen LogP contribution in [0.5, 0.6) is 11.5 Å². The lowest BCUT2D eigenvalue weighted by atomic mass is 10.1. The monoisotopic (exact) mass is 279 g/mol. The SMILES string of the molecule is CCN(CC)CCC(O)c1ccc2c(c1)OCCCO2. The van der Waals surface area contributed by atoms with Crippen LogP contribution in [-0.2, 0) is 0 Å². The third kappa shape index (κ3) is 3.87. The van der Waals surface area contributed by atoms with Crippen LogP contribution >= 0.6 is 0 Å². The summed E-state index contributed by atoms with van der Waals surface area (Å²) in [6.07, 6.45) is 1.18. The summed E-state index contributed by atoms with van der Waals surface area (Å²) in [7, 11) is 0. The van der Waals surface area contributed by atoms with Gasteiger partial charge in [-0.05, 0) is 37.2 Å². The van der Waals surface area contributed by atoms with Crippen LogP contribution in [0.25, 0.3) is 0 Å². The molecule has 2 rings (SSSR count). The summed E-state index contributed by atoms with van der Waals surface area (Å²) in [5, 5.41) is 10.3. The van der Waals surface area contributed by atoms with Crippen LogP contribution in [0, 0.1) is 0 Å². The Bertz CT molecular complexity index is 418. The van der Waals surface area contributed by atoms with E-state index in [-0.39, 0.29) is 0 Å². The van der Waals surface area contributed by atoms with E-state index in [4.69, 9.17) is 9.47 Å². The van der Waals surface area contributed by atoms with Crippen molar-refractivity contribution >= 4 is 0 Å². The number of nitrogens with zero attached hydrogens (tertiary/aromatic N) is 1. The summed E-state index contributed by atoms with van der Waals surface area (Å²) in [5.74, 6) is 1.53. The van der Waals surface area contributed by atoms with Crippen molar-refractivity contribution in [3.8, 4) is 11.5 Å². The van der Waals surface area contributed by atoms with E-state index in [1.165, 1.54) is 0 Å². The van der Waals surface area contributed by atoms with Gasteiger partial charge in [0.25, 0.3) is 0 Å². The zero-order chi connectivity index (χ0) is 14.4. The molecule has 0 saturated heterocycles. The summed E-state index contributed by atoms with van der Waals surface area (Å²) in [6.45, 7) is 8.59. The van der Waals surface area contributed by atoms with Gasteiger partial charge in [-0.25, -0.2) is 0 Å². The van der Waals surface area contributed by atoms with E-state index in [0.29, 0.717) is 13.2 Å². The van der Waals surface area contributed by atoms with E-state index in [9.17, 15) is 5.11 Å². The van der Waals surface area contributed by atoms with E-state index in [0.717, 1.165) is 49.5 Å². The van der Waals surface area contributed by atoms with Crippen molar-refractivity contribution in [3.63, 3.8) is 0 Å². The Hall–Kier alpha value is -1.26. The molecule has 0 spiro atoms. The van der Waals surface area contributed by atoms with Gasteiger partial charge in [-0.1, -0.05) is 19.9 Å². The molecular formula is C16H25NO3. The van der Waals surface area contributed by atoms with Crippen LogP contribution in [0.4, 0.5) is 0 Å². The van der Waals surface area contributed by atoms with Gasteiger partial charge in [0.2, 0.25) is 0 Å². The Morgan fingerprint density at radius 3 is 2.55 bits per heavy atom. The summed E-state index contributed by atoms with van der Waals surface area (Å²) in [5.41, 5.74) is 0.904. The molecule has 4 nitrogen and oxygen atoms in total. The van der Waals surface area contributed by atoms with Crippen LogP contribution in [0.3, 0.4) is 0 Å². The van der Waals surface area contributed by atoms with Crippen LogP contribution in [-0.4, -0.2) is 42.9 Å². The van der Waals surface area contributed by atoms with Crippen molar-refractivity contribution in [1.82, 2.24) is 4.90 Å². The van der Waals surface area contributed by atoms with Crippen molar-refractivity contribution in [3.05, 3.63) is 23.8 Å². The van der Waals surface area contributed by atoms with Crippen LogP contribution in [0.2, 0.25) is 0 Å². The van der Waals surface area contributed by atoms with Crippen LogP contribution in [0.15, 0.2) is 18.2 Å². The number of fused-ring (bicyclic) bond motifs is 1. The minimum absolute atomic E-state index is 0.451. The molecule has 4 heteroatoms. The fourth-order valence-corrected chi connectivity index (χ4v) is 2.40. The normalized spacial score (nSPS) is 16.0. The number of rotatable bonds is 6. The van der Waals surface area contributed by atoms with Gasteiger partial charge in [-0.15, -0.1) is 0 Å². The quantitative estimate of drug-likeness (QED) is 0.869. The molecule has 0 saturated carbocycles. The molecule has 0 aliphatic carbocycles. The Kier molecular flexibility index (Phi) is 5.68. The molecular weight excluding hydrogens is 254 g/mol. The van der Waals surface area contributed by atoms with Gasteiger partial charge < -0.3 is 19.5 Å². The molecule has 0 radical (unpaired) electrons. The number of benzene rings is 1. The lowest BCUT2D eigenvalue weighted by molar-refractivity contribution is 0.145. The summed E-state index contributed by atoms with van der Waals surface area (Å²) in [6, 6.07) is 5.74. The predicted octanol–water partition coefficient (Wildman–Crippen LogP) is 2.61. The first kappa shape index (κ1) is 15.1. The zero-order valence-corrected chi connectivity index (χ0v) is 12.5. The number of aliphatic hydroxyl groups is 1. The lowest BCUT2D eigenvalue weighted by Crippen LogP contribution is -2.25. The van der Waals surface area contributed by atoms with Crippen molar-refractivity contribution in [2.75, 3.05) is 32.8 Å².